The largest absolute Gasteiger partial charge is 0.465 e. The van der Waals surface area contributed by atoms with Crippen molar-refractivity contribution >= 4 is 12.4 Å². The summed E-state index contributed by atoms with van der Waals surface area (Å²) in [6, 6.07) is 0. The molecule has 0 saturated heterocycles. The molecular formula is C6H11NO3. The van der Waals surface area contributed by atoms with Gasteiger partial charge in [0.2, 0.25) is 0 Å². The van der Waals surface area contributed by atoms with Crippen LogP contribution in [0.2, 0.25) is 0 Å². The van der Waals surface area contributed by atoms with Gasteiger partial charge in [0.25, 0.3) is 0 Å². The highest BCUT2D eigenvalue weighted by Crippen LogP contribution is 1.89. The van der Waals surface area contributed by atoms with Crippen LogP contribution in [0.1, 0.15) is 12.8 Å². The summed E-state index contributed by atoms with van der Waals surface area (Å²) in [5.74, 6) is 0. The Labute approximate surface area is 59.4 Å². The molecule has 58 valence electrons. The SMILES string of the molecule is CN(CCCC=O)C(=O)O. The summed E-state index contributed by atoms with van der Waals surface area (Å²) in [6.45, 7) is 0.425. The molecule has 0 atom stereocenters. The summed E-state index contributed by atoms with van der Waals surface area (Å²) >= 11 is 0. The summed E-state index contributed by atoms with van der Waals surface area (Å²) in [4.78, 5) is 21.1. The van der Waals surface area contributed by atoms with Gasteiger partial charge in [-0.15, -0.1) is 0 Å². The Morgan fingerprint density at radius 3 is 2.70 bits per heavy atom. The van der Waals surface area contributed by atoms with Gasteiger partial charge in [0.05, 0.1) is 0 Å². The van der Waals surface area contributed by atoms with Gasteiger partial charge in [0, 0.05) is 20.0 Å². The Morgan fingerprint density at radius 1 is 1.70 bits per heavy atom. The van der Waals surface area contributed by atoms with E-state index >= 15 is 0 Å². The van der Waals surface area contributed by atoms with Crippen LogP contribution in [0.3, 0.4) is 0 Å². The zero-order valence-corrected chi connectivity index (χ0v) is 5.91. The summed E-state index contributed by atoms with van der Waals surface area (Å²) < 4.78 is 0. The van der Waals surface area contributed by atoms with Crippen molar-refractivity contribution in [2.24, 2.45) is 0 Å². The van der Waals surface area contributed by atoms with E-state index in [1.807, 2.05) is 0 Å². The van der Waals surface area contributed by atoms with Crippen molar-refractivity contribution in [3.05, 3.63) is 0 Å². The van der Waals surface area contributed by atoms with Crippen LogP contribution in [0.15, 0.2) is 0 Å². The second-order valence-corrected chi connectivity index (χ2v) is 2.01. The minimum Gasteiger partial charge on any atom is -0.465 e. The summed E-state index contributed by atoms with van der Waals surface area (Å²) in [7, 11) is 1.48. The lowest BCUT2D eigenvalue weighted by Gasteiger charge is -2.10. The first-order chi connectivity index (χ1) is 4.68. The van der Waals surface area contributed by atoms with Crippen LogP contribution in [-0.4, -0.2) is 36.0 Å². The van der Waals surface area contributed by atoms with Crippen LogP contribution in [0, 0.1) is 0 Å². The lowest BCUT2D eigenvalue weighted by atomic mass is 10.3. The van der Waals surface area contributed by atoms with Crippen molar-refractivity contribution in [2.75, 3.05) is 13.6 Å². The standard InChI is InChI=1S/C6H11NO3/c1-7(6(9)10)4-2-3-5-8/h5H,2-4H2,1H3,(H,9,10). The predicted octanol–water partition coefficient (Wildman–Crippen LogP) is 0.575. The lowest BCUT2D eigenvalue weighted by Crippen LogP contribution is -2.25. The van der Waals surface area contributed by atoms with Crippen molar-refractivity contribution in [3.63, 3.8) is 0 Å². The maximum absolute atomic E-state index is 10.1. The molecule has 0 saturated carbocycles. The average molecular weight is 145 g/mol. The smallest absolute Gasteiger partial charge is 0.407 e. The minimum atomic E-state index is -0.953. The molecule has 10 heavy (non-hydrogen) atoms. The number of hydrogen-bond acceptors (Lipinski definition) is 2. The van der Waals surface area contributed by atoms with Crippen LogP contribution < -0.4 is 0 Å². The summed E-state index contributed by atoms with van der Waals surface area (Å²) in [6.07, 6.45) is 0.866. The molecule has 1 amide bonds. The average Bonchev–Trinajstić information content (AvgIpc) is 1.88. The van der Waals surface area contributed by atoms with E-state index < -0.39 is 6.09 Å². The molecule has 0 spiro atoms. The highest BCUT2D eigenvalue weighted by Gasteiger charge is 2.02. The zero-order chi connectivity index (χ0) is 7.98. The molecule has 0 aromatic heterocycles. The second kappa shape index (κ2) is 4.78. The predicted molar refractivity (Wildman–Crippen MR) is 36.0 cm³/mol. The number of amides is 1. The van der Waals surface area contributed by atoms with Crippen LogP contribution in [-0.2, 0) is 4.79 Å². The fraction of sp³-hybridized carbons (Fsp3) is 0.667. The van der Waals surface area contributed by atoms with E-state index in [0.29, 0.717) is 19.4 Å². The fourth-order valence-corrected chi connectivity index (χ4v) is 0.507. The number of carboxylic acid groups (broad SMARTS) is 1. The zero-order valence-electron chi connectivity index (χ0n) is 5.91. The Kier molecular flexibility index (Phi) is 4.28. The third-order valence-electron chi connectivity index (χ3n) is 1.14. The van der Waals surface area contributed by atoms with Gasteiger partial charge in [0.1, 0.15) is 6.29 Å². The van der Waals surface area contributed by atoms with Gasteiger partial charge < -0.3 is 14.8 Å². The molecular weight excluding hydrogens is 134 g/mol. The highest BCUT2D eigenvalue weighted by molar-refractivity contribution is 5.64. The molecule has 0 fully saturated rings. The van der Waals surface area contributed by atoms with Crippen LogP contribution in [0.5, 0.6) is 0 Å². The molecule has 0 aliphatic heterocycles. The Morgan fingerprint density at radius 2 is 2.30 bits per heavy atom. The Bertz CT molecular complexity index is 124. The summed E-state index contributed by atoms with van der Waals surface area (Å²) in [5, 5.41) is 8.32. The molecule has 0 aliphatic carbocycles. The van der Waals surface area contributed by atoms with Gasteiger partial charge in [-0.2, -0.15) is 0 Å². The fourth-order valence-electron chi connectivity index (χ4n) is 0.507. The number of rotatable bonds is 4. The maximum atomic E-state index is 10.1. The first kappa shape index (κ1) is 8.94. The van der Waals surface area contributed by atoms with E-state index in [1.54, 1.807) is 0 Å². The molecule has 4 nitrogen and oxygen atoms in total. The third kappa shape index (κ3) is 3.88. The highest BCUT2D eigenvalue weighted by atomic mass is 16.4. The van der Waals surface area contributed by atoms with E-state index in [4.69, 9.17) is 5.11 Å². The van der Waals surface area contributed by atoms with Gasteiger partial charge in [0.15, 0.2) is 0 Å². The van der Waals surface area contributed by atoms with Crippen LogP contribution in [0.4, 0.5) is 4.79 Å². The first-order valence-electron chi connectivity index (χ1n) is 3.06. The van der Waals surface area contributed by atoms with Gasteiger partial charge >= 0.3 is 6.09 Å². The number of carbonyl (C=O) groups is 2. The van der Waals surface area contributed by atoms with E-state index in [2.05, 4.69) is 0 Å². The molecule has 0 aromatic rings. The Hall–Kier alpha value is -1.06. The molecule has 0 radical (unpaired) electrons. The number of hydrogen-bond donors (Lipinski definition) is 1. The van der Waals surface area contributed by atoms with Crippen molar-refractivity contribution in [1.82, 2.24) is 4.90 Å². The summed E-state index contributed by atoms with van der Waals surface area (Å²) in [5.41, 5.74) is 0. The first-order valence-corrected chi connectivity index (χ1v) is 3.06. The molecule has 0 rings (SSSR count). The van der Waals surface area contributed by atoms with Gasteiger partial charge in [-0.05, 0) is 6.42 Å². The second-order valence-electron chi connectivity index (χ2n) is 2.01. The van der Waals surface area contributed by atoms with E-state index in [0.717, 1.165) is 11.2 Å². The normalized spacial score (nSPS) is 8.90. The van der Waals surface area contributed by atoms with Crippen molar-refractivity contribution < 1.29 is 14.7 Å². The molecule has 0 bridgehead atoms. The maximum Gasteiger partial charge on any atom is 0.407 e. The number of nitrogens with zero attached hydrogens (tertiary/aromatic N) is 1. The molecule has 0 heterocycles. The molecule has 0 aliphatic rings. The van der Waals surface area contributed by atoms with E-state index in [-0.39, 0.29) is 0 Å². The van der Waals surface area contributed by atoms with Crippen molar-refractivity contribution in [2.45, 2.75) is 12.8 Å². The molecule has 0 unspecified atom stereocenters. The van der Waals surface area contributed by atoms with Crippen molar-refractivity contribution in [1.29, 1.82) is 0 Å². The number of carbonyl (C=O) groups excluding carboxylic acids is 1. The molecule has 4 heteroatoms. The van der Waals surface area contributed by atoms with Gasteiger partial charge in [-0.1, -0.05) is 0 Å². The lowest BCUT2D eigenvalue weighted by molar-refractivity contribution is -0.108. The number of unbranched alkanes of at least 4 members (excludes halogenated alkanes) is 1. The third-order valence-corrected chi connectivity index (χ3v) is 1.14. The number of aldehydes is 1. The quantitative estimate of drug-likeness (QED) is 0.465. The van der Waals surface area contributed by atoms with Crippen LogP contribution in [0.25, 0.3) is 0 Å². The van der Waals surface area contributed by atoms with Crippen LogP contribution >= 0.6 is 0 Å². The van der Waals surface area contributed by atoms with E-state index in [1.165, 1.54) is 7.05 Å². The van der Waals surface area contributed by atoms with E-state index in [9.17, 15) is 9.59 Å². The minimum absolute atomic E-state index is 0.425. The molecule has 0 aromatic carbocycles. The monoisotopic (exact) mass is 145 g/mol. The van der Waals surface area contributed by atoms with Crippen molar-refractivity contribution in [3.8, 4) is 0 Å². The van der Waals surface area contributed by atoms with Gasteiger partial charge in [-0.3, -0.25) is 0 Å². The topological polar surface area (TPSA) is 57.6 Å². The molecule has 1 N–H and O–H groups in total. The Balaban J connectivity index is 3.30. The van der Waals surface area contributed by atoms with Gasteiger partial charge in [-0.25, -0.2) is 4.79 Å².